The standard InChI is InChI=1S/C70H136O17P2/c1-8-9-10-11-27-37-44-51-67(72)80-57-65(87-70(75)54-47-40-33-26-30-36-43-50-63(6)7)59-84-88(76,77)82-55-64(71)56-83-89(78,79)85-60-66(58-81-68(73)52-45-38-31-24-21-20-23-29-35-42-49-62(4)5)86-69(74)53-46-39-32-25-19-17-15-13-12-14-16-18-22-28-34-41-48-61(2)3/h61-66,71H,8-60H2,1-7H3,(H,76,77)(H,78,79)/t64-,65+,66+/m0/s1. The molecular formula is C70H136O17P2. The highest BCUT2D eigenvalue weighted by atomic mass is 31.2. The van der Waals surface area contributed by atoms with Gasteiger partial charge in [-0.1, -0.05) is 299 Å². The Morgan fingerprint density at radius 1 is 0.303 bits per heavy atom. The first-order chi connectivity index (χ1) is 42.7. The molecule has 0 fully saturated rings. The lowest BCUT2D eigenvalue weighted by Gasteiger charge is -2.21. The summed E-state index contributed by atoms with van der Waals surface area (Å²) in [5.41, 5.74) is 0. The van der Waals surface area contributed by atoms with Crippen molar-refractivity contribution >= 4 is 39.5 Å². The quantitative estimate of drug-likeness (QED) is 0.0222. The van der Waals surface area contributed by atoms with Gasteiger partial charge in [-0.3, -0.25) is 37.3 Å². The maximum atomic E-state index is 13.0. The molecule has 0 aliphatic heterocycles. The summed E-state index contributed by atoms with van der Waals surface area (Å²) >= 11 is 0. The Morgan fingerprint density at radius 2 is 0.517 bits per heavy atom. The predicted molar refractivity (Wildman–Crippen MR) is 358 cm³/mol. The molecule has 0 aromatic rings. The summed E-state index contributed by atoms with van der Waals surface area (Å²) < 4.78 is 68.1. The molecule has 89 heavy (non-hydrogen) atoms. The number of esters is 4. The molecule has 0 aliphatic rings. The van der Waals surface area contributed by atoms with E-state index in [0.29, 0.717) is 31.6 Å². The fourth-order valence-electron chi connectivity index (χ4n) is 10.5. The van der Waals surface area contributed by atoms with Crippen LogP contribution in [0.25, 0.3) is 0 Å². The number of carbonyl (C=O) groups is 4. The molecule has 0 aliphatic carbocycles. The van der Waals surface area contributed by atoms with Crippen molar-refractivity contribution in [3.05, 3.63) is 0 Å². The Bertz CT molecular complexity index is 1750. The second kappa shape index (κ2) is 61.0. The van der Waals surface area contributed by atoms with Gasteiger partial charge in [-0.25, -0.2) is 9.13 Å². The van der Waals surface area contributed by atoms with Crippen LogP contribution in [0.15, 0.2) is 0 Å². The summed E-state index contributed by atoms with van der Waals surface area (Å²) in [6, 6.07) is 0. The van der Waals surface area contributed by atoms with Crippen molar-refractivity contribution in [1.82, 2.24) is 0 Å². The smallest absolute Gasteiger partial charge is 0.462 e. The predicted octanol–water partition coefficient (Wildman–Crippen LogP) is 19.8. The number of phosphoric acid groups is 2. The molecule has 0 aromatic heterocycles. The van der Waals surface area contributed by atoms with Gasteiger partial charge in [0.2, 0.25) is 0 Å². The molecule has 19 heteroatoms. The molecule has 3 N–H and O–H groups in total. The van der Waals surface area contributed by atoms with E-state index < -0.39 is 97.5 Å². The van der Waals surface area contributed by atoms with Crippen molar-refractivity contribution in [3.8, 4) is 0 Å². The number of unbranched alkanes of at least 4 members (excludes halogenated alkanes) is 36. The van der Waals surface area contributed by atoms with E-state index in [-0.39, 0.29) is 25.7 Å². The monoisotopic (exact) mass is 1310 g/mol. The molecule has 0 bridgehead atoms. The number of aliphatic hydroxyl groups excluding tert-OH is 1. The fraction of sp³-hybridized carbons (Fsp3) is 0.943. The fourth-order valence-corrected chi connectivity index (χ4v) is 12.1. The SMILES string of the molecule is CCCCCCCCCC(=O)OC[C@H](COP(=O)(O)OC[C@H](O)COP(=O)(O)OC[C@@H](COC(=O)CCCCCCCCCCCCC(C)C)OC(=O)CCCCCCCCCCCCCCCCCCC(C)C)OC(=O)CCCCCCCCCC(C)C. The zero-order valence-corrected chi connectivity index (χ0v) is 59.7. The van der Waals surface area contributed by atoms with E-state index in [1.807, 2.05) is 0 Å². The van der Waals surface area contributed by atoms with Gasteiger partial charge in [-0.15, -0.1) is 0 Å². The molecule has 0 rings (SSSR count). The number of hydrogen-bond acceptors (Lipinski definition) is 15. The van der Waals surface area contributed by atoms with Gasteiger partial charge in [-0.2, -0.15) is 0 Å². The van der Waals surface area contributed by atoms with E-state index in [9.17, 15) is 43.2 Å². The zero-order valence-electron chi connectivity index (χ0n) is 57.9. The number of carbonyl (C=O) groups excluding carboxylic acids is 4. The maximum absolute atomic E-state index is 13.0. The average molecular weight is 1310 g/mol. The summed E-state index contributed by atoms with van der Waals surface area (Å²) in [5, 5.41) is 10.6. The van der Waals surface area contributed by atoms with Gasteiger partial charge in [0, 0.05) is 25.7 Å². The lowest BCUT2D eigenvalue weighted by Crippen LogP contribution is -2.30. The molecule has 2 unspecified atom stereocenters. The van der Waals surface area contributed by atoms with E-state index in [4.69, 9.17) is 37.0 Å². The second-order valence-corrected chi connectivity index (χ2v) is 29.6. The van der Waals surface area contributed by atoms with E-state index in [1.54, 1.807) is 0 Å². The molecule has 17 nitrogen and oxygen atoms in total. The molecule has 0 amide bonds. The minimum absolute atomic E-state index is 0.103. The minimum Gasteiger partial charge on any atom is -0.462 e. The zero-order chi connectivity index (χ0) is 65.9. The van der Waals surface area contributed by atoms with Crippen LogP contribution in [0, 0.1) is 17.8 Å². The van der Waals surface area contributed by atoms with Crippen LogP contribution in [0.2, 0.25) is 0 Å². The van der Waals surface area contributed by atoms with Crippen LogP contribution in [0.1, 0.15) is 350 Å². The average Bonchev–Trinajstić information content (AvgIpc) is 3.70. The van der Waals surface area contributed by atoms with Crippen LogP contribution >= 0.6 is 15.6 Å². The van der Waals surface area contributed by atoms with Crippen LogP contribution in [-0.4, -0.2) is 96.7 Å². The highest BCUT2D eigenvalue weighted by molar-refractivity contribution is 7.47. The lowest BCUT2D eigenvalue weighted by atomic mass is 10.0. The van der Waals surface area contributed by atoms with Crippen molar-refractivity contribution < 1.29 is 80.2 Å². The molecule has 0 saturated carbocycles. The van der Waals surface area contributed by atoms with Gasteiger partial charge in [0.05, 0.1) is 26.4 Å². The molecule has 528 valence electrons. The number of ether oxygens (including phenoxy) is 4. The van der Waals surface area contributed by atoms with Gasteiger partial charge >= 0.3 is 39.5 Å². The molecule has 0 radical (unpaired) electrons. The second-order valence-electron chi connectivity index (χ2n) is 26.7. The molecule has 0 spiro atoms. The van der Waals surface area contributed by atoms with Crippen molar-refractivity contribution in [2.75, 3.05) is 39.6 Å². The molecular weight excluding hydrogens is 1170 g/mol. The van der Waals surface area contributed by atoms with Crippen LogP contribution in [-0.2, 0) is 65.4 Å². The number of rotatable bonds is 68. The van der Waals surface area contributed by atoms with Crippen molar-refractivity contribution in [2.45, 2.75) is 369 Å². The summed E-state index contributed by atoms with van der Waals surface area (Å²) in [7, 11) is -9.89. The highest BCUT2D eigenvalue weighted by Gasteiger charge is 2.30. The Labute approximate surface area is 543 Å². The summed E-state index contributed by atoms with van der Waals surface area (Å²) in [6.45, 7) is 11.8. The topological polar surface area (TPSA) is 237 Å². The number of phosphoric ester groups is 2. The van der Waals surface area contributed by atoms with Gasteiger partial charge in [0.1, 0.15) is 19.3 Å². The van der Waals surface area contributed by atoms with Crippen LogP contribution in [0.5, 0.6) is 0 Å². The summed E-state index contributed by atoms with van der Waals surface area (Å²) in [4.78, 5) is 72.4. The van der Waals surface area contributed by atoms with Crippen LogP contribution in [0.3, 0.4) is 0 Å². The van der Waals surface area contributed by atoms with Crippen LogP contribution in [0.4, 0.5) is 0 Å². The largest absolute Gasteiger partial charge is 0.472 e. The number of aliphatic hydroxyl groups is 1. The van der Waals surface area contributed by atoms with E-state index in [1.165, 1.54) is 148 Å². The van der Waals surface area contributed by atoms with Crippen molar-refractivity contribution in [1.29, 1.82) is 0 Å². The van der Waals surface area contributed by atoms with Gasteiger partial charge in [0.25, 0.3) is 0 Å². The normalized spacial score (nSPS) is 14.2. The highest BCUT2D eigenvalue weighted by Crippen LogP contribution is 2.45. The van der Waals surface area contributed by atoms with Gasteiger partial charge < -0.3 is 33.8 Å². The molecule has 5 atom stereocenters. The lowest BCUT2D eigenvalue weighted by molar-refractivity contribution is -0.161. The molecule has 0 aromatic carbocycles. The Hall–Kier alpha value is -1.94. The first-order valence-electron chi connectivity index (χ1n) is 36.3. The maximum Gasteiger partial charge on any atom is 0.472 e. The minimum atomic E-state index is -4.95. The van der Waals surface area contributed by atoms with Gasteiger partial charge in [-0.05, 0) is 43.4 Å². The van der Waals surface area contributed by atoms with Crippen LogP contribution < -0.4 is 0 Å². The van der Waals surface area contributed by atoms with E-state index >= 15 is 0 Å². The summed E-state index contributed by atoms with van der Waals surface area (Å²) in [6.07, 6.45) is 44.7. The third-order valence-electron chi connectivity index (χ3n) is 16.1. The van der Waals surface area contributed by atoms with Crippen molar-refractivity contribution in [2.24, 2.45) is 17.8 Å². The number of hydrogen-bond donors (Lipinski definition) is 3. The molecule has 0 saturated heterocycles. The first kappa shape index (κ1) is 87.1. The Morgan fingerprint density at radius 3 is 0.764 bits per heavy atom. The van der Waals surface area contributed by atoms with E-state index in [2.05, 4.69) is 48.5 Å². The first-order valence-corrected chi connectivity index (χ1v) is 39.3. The third kappa shape index (κ3) is 64.6. The molecule has 0 heterocycles. The van der Waals surface area contributed by atoms with Crippen molar-refractivity contribution in [3.63, 3.8) is 0 Å². The van der Waals surface area contributed by atoms with E-state index in [0.717, 1.165) is 115 Å². The van der Waals surface area contributed by atoms with Gasteiger partial charge in [0.15, 0.2) is 12.2 Å². The third-order valence-corrected chi connectivity index (χ3v) is 18.0. The Kier molecular flexibility index (Phi) is 59.6. The summed E-state index contributed by atoms with van der Waals surface area (Å²) in [5.74, 6) is 0.131. The Balaban J connectivity index is 5.18.